The van der Waals surface area contributed by atoms with Crippen LogP contribution in [-0.4, -0.2) is 23.4 Å². The van der Waals surface area contributed by atoms with Crippen LogP contribution in [0.3, 0.4) is 0 Å². The Balaban J connectivity index is 2.43. The lowest BCUT2D eigenvalue weighted by atomic mass is 10.0. The molecule has 0 bridgehead atoms. The summed E-state index contributed by atoms with van der Waals surface area (Å²) >= 11 is 0. The summed E-state index contributed by atoms with van der Waals surface area (Å²) < 4.78 is 5.84. The lowest BCUT2D eigenvalue weighted by molar-refractivity contribution is 0.164. The monoisotopic (exact) mass is 260 g/mol. The van der Waals surface area contributed by atoms with Crippen LogP contribution >= 0.6 is 0 Å². The van der Waals surface area contributed by atoms with Crippen molar-refractivity contribution in [2.45, 2.75) is 20.0 Å². The zero-order valence-corrected chi connectivity index (χ0v) is 11.3. The normalized spacial score (nSPS) is 14.3. The highest BCUT2D eigenvalue weighted by Gasteiger charge is 2.14. The second-order valence-corrected chi connectivity index (χ2v) is 4.98. The van der Waals surface area contributed by atoms with E-state index >= 15 is 0 Å². The highest BCUT2D eigenvalue weighted by atomic mass is 16.5. The molecule has 0 saturated carbocycles. The smallest absolute Gasteiger partial charge is 0.132 e. The Morgan fingerprint density at radius 3 is 2.53 bits per heavy atom. The van der Waals surface area contributed by atoms with E-state index in [2.05, 4.69) is 0 Å². The first kappa shape index (κ1) is 13.8. The van der Waals surface area contributed by atoms with Crippen molar-refractivity contribution in [1.82, 2.24) is 0 Å². The predicted octanol–water partition coefficient (Wildman–Crippen LogP) is 2.90. The molecule has 2 aromatic rings. The second kappa shape index (κ2) is 6.04. The van der Waals surface area contributed by atoms with Gasteiger partial charge in [-0.1, -0.05) is 43.3 Å². The summed E-state index contributed by atoms with van der Waals surface area (Å²) in [6.45, 7) is 4.18. The molecule has 2 N–H and O–H groups in total. The van der Waals surface area contributed by atoms with Gasteiger partial charge in [0.15, 0.2) is 0 Å². The summed E-state index contributed by atoms with van der Waals surface area (Å²) in [6.07, 6.45) is -0.580. The molecule has 0 saturated heterocycles. The predicted molar refractivity (Wildman–Crippen MR) is 76.3 cm³/mol. The van der Waals surface area contributed by atoms with Crippen molar-refractivity contribution < 1.29 is 14.9 Å². The number of aliphatic hydroxyl groups is 2. The molecule has 0 heterocycles. The Morgan fingerprint density at radius 2 is 1.84 bits per heavy atom. The van der Waals surface area contributed by atoms with Gasteiger partial charge in [-0.05, 0) is 12.3 Å². The number of hydrogen-bond donors (Lipinski definition) is 2. The van der Waals surface area contributed by atoms with Gasteiger partial charge in [-0.2, -0.15) is 0 Å². The van der Waals surface area contributed by atoms with E-state index in [1.54, 1.807) is 6.92 Å². The van der Waals surface area contributed by atoms with Gasteiger partial charge < -0.3 is 14.9 Å². The maximum atomic E-state index is 9.86. The molecule has 0 fully saturated rings. The average molecular weight is 260 g/mol. The molecular formula is C16H20O3. The van der Waals surface area contributed by atoms with E-state index in [4.69, 9.17) is 9.84 Å². The van der Waals surface area contributed by atoms with Crippen molar-refractivity contribution in [2.75, 3.05) is 13.2 Å². The molecule has 0 aliphatic heterocycles. The number of benzene rings is 2. The van der Waals surface area contributed by atoms with Crippen molar-refractivity contribution in [3.05, 3.63) is 42.0 Å². The molecule has 2 aromatic carbocycles. The molecule has 0 aliphatic carbocycles. The number of hydrogen-bond acceptors (Lipinski definition) is 3. The zero-order chi connectivity index (χ0) is 13.8. The van der Waals surface area contributed by atoms with Crippen LogP contribution in [0.15, 0.2) is 36.4 Å². The third-order valence-corrected chi connectivity index (χ3v) is 3.18. The van der Waals surface area contributed by atoms with Crippen molar-refractivity contribution in [2.24, 2.45) is 5.92 Å². The van der Waals surface area contributed by atoms with Crippen LogP contribution in [0.5, 0.6) is 5.75 Å². The van der Waals surface area contributed by atoms with Gasteiger partial charge in [0.2, 0.25) is 0 Å². The summed E-state index contributed by atoms with van der Waals surface area (Å²) in [5.74, 6) is 0.786. The largest absolute Gasteiger partial charge is 0.492 e. The number of rotatable bonds is 5. The minimum atomic E-state index is -0.580. The first-order valence-corrected chi connectivity index (χ1v) is 6.57. The molecule has 1 unspecified atom stereocenters. The van der Waals surface area contributed by atoms with Crippen molar-refractivity contribution in [3.8, 4) is 5.75 Å². The molecule has 0 spiro atoms. The Bertz CT molecular complexity index is 549. The molecule has 0 aliphatic rings. The van der Waals surface area contributed by atoms with Gasteiger partial charge in [-0.15, -0.1) is 0 Å². The lowest BCUT2D eigenvalue weighted by Crippen LogP contribution is -2.13. The molecule has 0 radical (unpaired) electrons. The van der Waals surface area contributed by atoms with Crippen LogP contribution in [0.2, 0.25) is 0 Å². The Labute approximate surface area is 113 Å². The molecule has 0 amide bonds. The summed E-state index contributed by atoms with van der Waals surface area (Å²) in [5.41, 5.74) is 0.781. The number of ether oxygens (including phenoxy) is 1. The lowest BCUT2D eigenvalue weighted by Gasteiger charge is -2.18. The highest BCUT2D eigenvalue weighted by molar-refractivity contribution is 5.89. The maximum absolute atomic E-state index is 9.86. The van der Waals surface area contributed by atoms with Gasteiger partial charge in [0.25, 0.3) is 0 Å². The third-order valence-electron chi connectivity index (χ3n) is 3.18. The van der Waals surface area contributed by atoms with Crippen LogP contribution < -0.4 is 4.74 Å². The minimum absolute atomic E-state index is 0.0702. The van der Waals surface area contributed by atoms with E-state index in [1.165, 1.54) is 0 Å². The maximum Gasteiger partial charge on any atom is 0.132 e. The van der Waals surface area contributed by atoms with Gasteiger partial charge in [0, 0.05) is 23.5 Å². The fourth-order valence-corrected chi connectivity index (χ4v) is 2.03. The van der Waals surface area contributed by atoms with Gasteiger partial charge >= 0.3 is 0 Å². The first-order valence-electron chi connectivity index (χ1n) is 6.57. The summed E-state index contributed by atoms with van der Waals surface area (Å²) in [7, 11) is 0. The Morgan fingerprint density at radius 1 is 1.11 bits per heavy atom. The van der Waals surface area contributed by atoms with E-state index in [0.717, 1.165) is 16.3 Å². The van der Waals surface area contributed by atoms with Crippen molar-refractivity contribution in [3.63, 3.8) is 0 Å². The number of aliphatic hydroxyl groups excluding tert-OH is 2. The molecule has 102 valence electrons. The summed E-state index contributed by atoms with van der Waals surface area (Å²) in [6, 6.07) is 11.8. The fraction of sp³-hybridized carbons (Fsp3) is 0.375. The SMILES string of the molecule is CC(CO)COc1c([C@H](C)O)ccc2ccccc12. The van der Waals surface area contributed by atoms with Crippen LogP contribution in [0.25, 0.3) is 10.8 Å². The zero-order valence-electron chi connectivity index (χ0n) is 11.3. The summed E-state index contributed by atoms with van der Waals surface area (Å²) in [4.78, 5) is 0. The first-order chi connectivity index (χ1) is 9.13. The van der Waals surface area contributed by atoms with E-state index in [9.17, 15) is 5.11 Å². The van der Waals surface area contributed by atoms with Crippen LogP contribution in [-0.2, 0) is 0 Å². The van der Waals surface area contributed by atoms with E-state index in [-0.39, 0.29) is 12.5 Å². The van der Waals surface area contributed by atoms with Gasteiger partial charge in [-0.25, -0.2) is 0 Å². The molecule has 3 heteroatoms. The Kier molecular flexibility index (Phi) is 4.40. The molecule has 19 heavy (non-hydrogen) atoms. The van der Waals surface area contributed by atoms with Crippen molar-refractivity contribution in [1.29, 1.82) is 0 Å². The highest BCUT2D eigenvalue weighted by Crippen LogP contribution is 2.33. The minimum Gasteiger partial charge on any atom is -0.492 e. The van der Waals surface area contributed by atoms with E-state index in [1.807, 2.05) is 43.3 Å². The average Bonchev–Trinajstić information content (AvgIpc) is 2.43. The Hall–Kier alpha value is -1.58. The molecule has 3 nitrogen and oxygen atoms in total. The van der Waals surface area contributed by atoms with Gasteiger partial charge in [-0.3, -0.25) is 0 Å². The van der Waals surface area contributed by atoms with Gasteiger partial charge in [0.1, 0.15) is 5.75 Å². The summed E-state index contributed by atoms with van der Waals surface area (Å²) in [5, 5.41) is 21.0. The molecule has 0 aromatic heterocycles. The second-order valence-electron chi connectivity index (χ2n) is 4.98. The van der Waals surface area contributed by atoms with Crippen molar-refractivity contribution >= 4 is 10.8 Å². The molecule has 2 rings (SSSR count). The van der Waals surface area contributed by atoms with Crippen LogP contribution in [0, 0.1) is 5.92 Å². The topological polar surface area (TPSA) is 49.7 Å². The quantitative estimate of drug-likeness (QED) is 0.869. The fourth-order valence-electron chi connectivity index (χ4n) is 2.03. The van der Waals surface area contributed by atoms with Crippen LogP contribution in [0.4, 0.5) is 0 Å². The molecular weight excluding hydrogens is 240 g/mol. The third kappa shape index (κ3) is 3.06. The van der Waals surface area contributed by atoms with E-state index < -0.39 is 6.10 Å². The standard InChI is InChI=1S/C16H20O3/c1-11(9-17)10-19-16-14(12(2)18)8-7-13-5-3-4-6-15(13)16/h3-8,11-12,17-18H,9-10H2,1-2H3/t11?,12-/m0/s1. The van der Waals surface area contributed by atoms with Crippen LogP contribution in [0.1, 0.15) is 25.5 Å². The molecule has 2 atom stereocenters. The van der Waals surface area contributed by atoms with E-state index in [0.29, 0.717) is 12.4 Å². The number of fused-ring (bicyclic) bond motifs is 1. The van der Waals surface area contributed by atoms with Gasteiger partial charge in [0.05, 0.1) is 12.7 Å².